The molecule has 5 nitrogen and oxygen atoms in total. The highest BCUT2D eigenvalue weighted by Gasteiger charge is 2.20. The Bertz CT molecular complexity index is 723. The van der Waals surface area contributed by atoms with Gasteiger partial charge in [-0.1, -0.05) is 0 Å². The monoisotopic (exact) mass is 311 g/mol. The quantitative estimate of drug-likeness (QED) is 0.908. The van der Waals surface area contributed by atoms with Gasteiger partial charge in [-0.2, -0.15) is 0 Å². The number of aryl methyl sites for hydroxylation is 2. The van der Waals surface area contributed by atoms with E-state index < -0.39 is 10.0 Å². The summed E-state index contributed by atoms with van der Waals surface area (Å²) in [5, 5.41) is 0. The Morgan fingerprint density at radius 1 is 1.35 bits per heavy atom. The summed E-state index contributed by atoms with van der Waals surface area (Å²) in [7, 11) is -3.60. The first-order chi connectivity index (χ1) is 9.29. The predicted molar refractivity (Wildman–Crippen MR) is 81.2 cm³/mol. The lowest BCUT2D eigenvalue weighted by molar-refractivity contribution is 0.566. The lowest BCUT2D eigenvalue weighted by Gasteiger charge is -2.14. The molecule has 0 bridgehead atoms. The normalized spacial score (nSPS) is 13.3. The number of hydrogen-bond donors (Lipinski definition) is 2. The maximum Gasteiger partial charge on any atom is 0.241 e. The Hall–Kier alpha value is -1.44. The molecule has 0 radical (unpaired) electrons. The third kappa shape index (κ3) is 3.17. The van der Waals surface area contributed by atoms with Crippen molar-refractivity contribution in [2.75, 3.05) is 5.73 Å². The molecule has 2 aromatic heterocycles. The fraction of sp³-hybridized carbons (Fsp3) is 0.308. The van der Waals surface area contributed by atoms with Crippen LogP contribution < -0.4 is 10.5 Å². The van der Waals surface area contributed by atoms with E-state index in [1.165, 1.54) is 18.3 Å². The largest absolute Gasteiger partial charge is 0.384 e. The van der Waals surface area contributed by atoms with Crippen LogP contribution in [0.2, 0.25) is 0 Å². The molecular weight excluding hydrogens is 294 g/mol. The van der Waals surface area contributed by atoms with Crippen LogP contribution in [0.25, 0.3) is 0 Å². The zero-order valence-corrected chi connectivity index (χ0v) is 13.2. The molecule has 0 spiro atoms. The average Bonchev–Trinajstić information content (AvgIpc) is 2.68. The van der Waals surface area contributed by atoms with Crippen molar-refractivity contribution in [1.82, 2.24) is 9.71 Å². The number of nitrogens with zero attached hydrogens (tertiary/aromatic N) is 1. The molecule has 2 aromatic rings. The van der Waals surface area contributed by atoms with Crippen LogP contribution in [0.15, 0.2) is 29.3 Å². The molecule has 0 aromatic carbocycles. The summed E-state index contributed by atoms with van der Waals surface area (Å²) in [5.74, 6) is 0.183. The number of hydrogen-bond acceptors (Lipinski definition) is 5. The van der Waals surface area contributed by atoms with Crippen LogP contribution in [0.3, 0.4) is 0 Å². The number of nitrogen functional groups attached to an aromatic ring is 1. The fourth-order valence-electron chi connectivity index (χ4n) is 2.04. The van der Waals surface area contributed by atoms with Crippen LogP contribution in [0.1, 0.15) is 28.3 Å². The van der Waals surface area contributed by atoms with Gasteiger partial charge in [-0.15, -0.1) is 11.3 Å². The van der Waals surface area contributed by atoms with Crippen molar-refractivity contribution in [3.8, 4) is 0 Å². The Morgan fingerprint density at radius 3 is 2.60 bits per heavy atom. The van der Waals surface area contributed by atoms with Gasteiger partial charge < -0.3 is 5.73 Å². The molecule has 0 aliphatic rings. The molecule has 0 saturated heterocycles. The number of nitrogens with two attached hydrogens (primary N) is 1. The summed E-state index contributed by atoms with van der Waals surface area (Å²) in [6.45, 7) is 5.82. The van der Waals surface area contributed by atoms with E-state index in [9.17, 15) is 8.42 Å². The van der Waals surface area contributed by atoms with Crippen LogP contribution >= 0.6 is 11.3 Å². The lowest BCUT2D eigenvalue weighted by Crippen LogP contribution is -2.27. The number of pyridine rings is 1. The summed E-state index contributed by atoms with van der Waals surface area (Å²) in [6.07, 6.45) is 1.38. The number of thiophene rings is 1. The molecule has 1 unspecified atom stereocenters. The van der Waals surface area contributed by atoms with Gasteiger partial charge in [-0.3, -0.25) is 0 Å². The minimum Gasteiger partial charge on any atom is -0.384 e. The first-order valence-corrected chi connectivity index (χ1v) is 8.40. The first kappa shape index (κ1) is 15.0. The Labute approximate surface area is 122 Å². The zero-order valence-electron chi connectivity index (χ0n) is 11.5. The van der Waals surface area contributed by atoms with E-state index in [2.05, 4.69) is 9.71 Å². The molecule has 0 aliphatic heterocycles. The third-order valence-corrected chi connectivity index (χ3v) is 5.46. The number of aromatic nitrogens is 1. The zero-order chi connectivity index (χ0) is 14.9. The summed E-state index contributed by atoms with van der Waals surface area (Å²) in [4.78, 5) is 6.20. The SMILES string of the molecule is Cc1cc(C(C)NS(=O)(=O)c2ccnc(N)c2)c(C)s1. The standard InChI is InChI=1S/C13H17N3O2S2/c1-8-6-12(10(3)19-8)9(2)16-20(17,18)11-4-5-15-13(14)7-11/h4-7,9,16H,1-3H3,(H2,14,15). The summed E-state index contributed by atoms with van der Waals surface area (Å²) >= 11 is 1.66. The molecule has 0 aliphatic carbocycles. The van der Waals surface area contributed by atoms with Gasteiger partial charge in [0.2, 0.25) is 10.0 Å². The number of anilines is 1. The second-order valence-corrected chi connectivity index (χ2v) is 7.80. The first-order valence-electron chi connectivity index (χ1n) is 6.10. The van der Waals surface area contributed by atoms with Crippen LogP contribution in [0.4, 0.5) is 5.82 Å². The summed E-state index contributed by atoms with van der Waals surface area (Å²) < 4.78 is 27.3. The smallest absolute Gasteiger partial charge is 0.241 e. The predicted octanol–water partition coefficient (Wildman–Crippen LogP) is 2.38. The Kier molecular flexibility index (Phi) is 4.12. The van der Waals surface area contributed by atoms with Gasteiger partial charge in [-0.25, -0.2) is 18.1 Å². The van der Waals surface area contributed by atoms with Crippen LogP contribution in [-0.2, 0) is 10.0 Å². The van der Waals surface area contributed by atoms with Crippen molar-refractivity contribution in [3.63, 3.8) is 0 Å². The van der Waals surface area contributed by atoms with Crippen LogP contribution in [0, 0.1) is 13.8 Å². The van der Waals surface area contributed by atoms with E-state index in [-0.39, 0.29) is 16.8 Å². The van der Waals surface area contributed by atoms with Crippen molar-refractivity contribution < 1.29 is 8.42 Å². The molecule has 0 fully saturated rings. The van der Waals surface area contributed by atoms with E-state index in [1.54, 1.807) is 11.3 Å². The van der Waals surface area contributed by atoms with Crippen LogP contribution in [0.5, 0.6) is 0 Å². The summed E-state index contributed by atoms with van der Waals surface area (Å²) in [5.41, 5.74) is 6.52. The van der Waals surface area contributed by atoms with Gasteiger partial charge in [0, 0.05) is 28.1 Å². The molecule has 2 heterocycles. The van der Waals surface area contributed by atoms with Gasteiger partial charge in [-0.05, 0) is 38.5 Å². The maximum atomic E-state index is 12.3. The van der Waals surface area contributed by atoms with Gasteiger partial charge in [0.1, 0.15) is 5.82 Å². The van der Waals surface area contributed by atoms with Crippen molar-refractivity contribution in [1.29, 1.82) is 0 Å². The topological polar surface area (TPSA) is 85.1 Å². The fourth-order valence-corrected chi connectivity index (χ4v) is 4.31. The third-order valence-electron chi connectivity index (χ3n) is 2.94. The maximum absolute atomic E-state index is 12.3. The minimum atomic E-state index is -3.60. The summed E-state index contributed by atoms with van der Waals surface area (Å²) in [6, 6.07) is 4.49. The van der Waals surface area contributed by atoms with Crippen molar-refractivity contribution in [2.45, 2.75) is 31.7 Å². The molecule has 0 saturated carbocycles. The van der Waals surface area contributed by atoms with Gasteiger partial charge >= 0.3 is 0 Å². The number of nitrogens with one attached hydrogen (secondary N) is 1. The number of sulfonamides is 1. The highest BCUT2D eigenvalue weighted by atomic mass is 32.2. The van der Waals surface area contributed by atoms with E-state index in [0.717, 1.165) is 15.3 Å². The molecule has 3 N–H and O–H groups in total. The minimum absolute atomic E-state index is 0.126. The van der Waals surface area contributed by atoms with E-state index in [4.69, 9.17) is 5.73 Å². The van der Waals surface area contributed by atoms with Gasteiger partial charge in [0.25, 0.3) is 0 Å². The lowest BCUT2D eigenvalue weighted by atomic mass is 10.1. The molecule has 20 heavy (non-hydrogen) atoms. The van der Waals surface area contributed by atoms with E-state index in [0.29, 0.717) is 0 Å². The molecular formula is C13H17N3O2S2. The second-order valence-electron chi connectivity index (χ2n) is 4.63. The molecule has 0 amide bonds. The van der Waals surface area contributed by atoms with Crippen molar-refractivity contribution >= 4 is 27.2 Å². The Morgan fingerprint density at radius 2 is 2.05 bits per heavy atom. The second kappa shape index (κ2) is 5.51. The molecule has 1 atom stereocenters. The molecule has 7 heteroatoms. The van der Waals surface area contributed by atoms with E-state index >= 15 is 0 Å². The van der Waals surface area contributed by atoms with Crippen LogP contribution in [-0.4, -0.2) is 13.4 Å². The van der Waals surface area contributed by atoms with Gasteiger partial charge in [0.15, 0.2) is 0 Å². The molecule has 108 valence electrons. The van der Waals surface area contributed by atoms with Gasteiger partial charge in [0.05, 0.1) is 4.90 Å². The highest BCUT2D eigenvalue weighted by molar-refractivity contribution is 7.89. The molecule has 2 rings (SSSR count). The van der Waals surface area contributed by atoms with E-state index in [1.807, 2.05) is 26.8 Å². The Balaban J connectivity index is 2.26. The van der Waals surface area contributed by atoms with Crippen molar-refractivity contribution in [3.05, 3.63) is 39.7 Å². The highest BCUT2D eigenvalue weighted by Crippen LogP contribution is 2.27. The average molecular weight is 311 g/mol. The number of rotatable bonds is 4. The van der Waals surface area contributed by atoms with Crippen molar-refractivity contribution in [2.24, 2.45) is 0 Å².